The Morgan fingerprint density at radius 1 is 1.38 bits per heavy atom. The van der Waals surface area contributed by atoms with Crippen LogP contribution in [-0.2, 0) is 0 Å². The molecule has 0 aromatic heterocycles. The van der Waals surface area contributed by atoms with E-state index in [1.165, 1.54) is 19.2 Å². The van der Waals surface area contributed by atoms with Gasteiger partial charge >= 0.3 is 0 Å². The molecule has 0 amide bonds. The van der Waals surface area contributed by atoms with Crippen molar-refractivity contribution in [2.45, 2.75) is 6.92 Å². The highest BCUT2D eigenvalue weighted by Gasteiger charge is 2.08. The first-order chi connectivity index (χ1) is 6.19. The van der Waals surface area contributed by atoms with Crippen molar-refractivity contribution in [3.63, 3.8) is 0 Å². The summed E-state index contributed by atoms with van der Waals surface area (Å²) in [5.74, 6) is 0.377. The van der Waals surface area contributed by atoms with Crippen molar-refractivity contribution in [1.82, 2.24) is 0 Å². The van der Waals surface area contributed by atoms with E-state index >= 15 is 0 Å². The lowest BCUT2D eigenvalue weighted by molar-refractivity contribution is 0.317. The summed E-state index contributed by atoms with van der Waals surface area (Å²) < 4.78 is 23.8. The summed E-state index contributed by atoms with van der Waals surface area (Å²) in [6, 6.07) is 2.84. The minimum absolute atomic E-state index is 0.211. The van der Waals surface area contributed by atoms with E-state index in [0.29, 0.717) is 16.8 Å². The zero-order valence-corrected chi connectivity index (χ0v) is 9.02. The minimum Gasteiger partial charge on any atom is -0.495 e. The highest BCUT2D eigenvalue weighted by atomic mass is 79.9. The van der Waals surface area contributed by atoms with E-state index in [1.807, 2.05) is 0 Å². The predicted octanol–water partition coefficient (Wildman–Crippen LogP) is 3.00. The Labute approximate surface area is 84.8 Å². The molecule has 0 radical (unpaired) electrons. The second-order valence-electron chi connectivity index (χ2n) is 2.35. The third-order valence-electron chi connectivity index (χ3n) is 1.51. The highest BCUT2D eigenvalue weighted by Crippen LogP contribution is 2.31. The van der Waals surface area contributed by atoms with Crippen LogP contribution in [0.25, 0.3) is 0 Å². The van der Waals surface area contributed by atoms with E-state index in [0.717, 1.165) is 0 Å². The second kappa shape index (κ2) is 4.46. The van der Waals surface area contributed by atoms with Gasteiger partial charge in [0, 0.05) is 6.07 Å². The van der Waals surface area contributed by atoms with Crippen LogP contribution in [0.3, 0.4) is 0 Å². The first kappa shape index (κ1) is 10.3. The molecule has 0 unspecified atom stereocenters. The largest absolute Gasteiger partial charge is 0.495 e. The van der Waals surface area contributed by atoms with Crippen molar-refractivity contribution in [2.75, 3.05) is 13.7 Å². The Morgan fingerprint density at radius 2 is 2.08 bits per heavy atom. The molecule has 0 atom stereocenters. The number of hydrogen-bond acceptors (Lipinski definition) is 2. The van der Waals surface area contributed by atoms with Gasteiger partial charge in [-0.25, -0.2) is 4.39 Å². The normalized spacial score (nSPS) is 9.85. The van der Waals surface area contributed by atoms with Crippen LogP contribution in [0.15, 0.2) is 16.6 Å². The Bertz CT molecular complexity index is 302. The summed E-state index contributed by atoms with van der Waals surface area (Å²) in [7, 11) is 1.52. The monoisotopic (exact) mass is 248 g/mol. The summed E-state index contributed by atoms with van der Waals surface area (Å²) in [6.07, 6.45) is 0. The molecule has 0 bridgehead atoms. The predicted molar refractivity (Wildman–Crippen MR) is 51.8 cm³/mol. The van der Waals surface area contributed by atoms with Gasteiger partial charge in [0.2, 0.25) is 0 Å². The molecule has 0 aliphatic rings. The molecule has 0 spiro atoms. The molecule has 0 aliphatic heterocycles. The van der Waals surface area contributed by atoms with Gasteiger partial charge in [0.1, 0.15) is 5.75 Å². The van der Waals surface area contributed by atoms with Crippen LogP contribution in [0.4, 0.5) is 4.39 Å². The second-order valence-corrected chi connectivity index (χ2v) is 3.20. The fraction of sp³-hybridized carbons (Fsp3) is 0.333. The molecule has 0 saturated carbocycles. The lowest BCUT2D eigenvalue weighted by Gasteiger charge is -2.08. The molecule has 1 rings (SSSR count). The number of hydrogen-bond donors (Lipinski definition) is 0. The summed E-state index contributed by atoms with van der Waals surface area (Å²) >= 11 is 3.17. The van der Waals surface area contributed by atoms with Crippen LogP contribution in [0.2, 0.25) is 0 Å². The van der Waals surface area contributed by atoms with E-state index in [9.17, 15) is 4.39 Å². The third-order valence-corrected chi connectivity index (χ3v) is 2.13. The van der Waals surface area contributed by atoms with Gasteiger partial charge in [0.25, 0.3) is 0 Å². The Hall–Kier alpha value is -0.770. The molecule has 0 N–H and O–H groups in total. The number of rotatable bonds is 3. The third kappa shape index (κ3) is 2.34. The fourth-order valence-corrected chi connectivity index (χ4v) is 1.41. The van der Waals surface area contributed by atoms with Crippen molar-refractivity contribution in [3.05, 3.63) is 22.4 Å². The van der Waals surface area contributed by atoms with Crippen molar-refractivity contribution in [1.29, 1.82) is 0 Å². The lowest BCUT2D eigenvalue weighted by Crippen LogP contribution is -1.96. The molecule has 4 heteroatoms. The van der Waals surface area contributed by atoms with Gasteiger partial charge in [-0.05, 0) is 28.9 Å². The van der Waals surface area contributed by atoms with Crippen LogP contribution in [-0.4, -0.2) is 13.7 Å². The van der Waals surface area contributed by atoms with Crippen molar-refractivity contribution >= 4 is 15.9 Å². The number of methoxy groups -OCH3 is 1. The molecule has 72 valence electrons. The van der Waals surface area contributed by atoms with Gasteiger partial charge in [0.15, 0.2) is 11.6 Å². The Morgan fingerprint density at radius 3 is 2.62 bits per heavy atom. The average molecular weight is 249 g/mol. The van der Waals surface area contributed by atoms with E-state index in [-0.39, 0.29) is 5.75 Å². The molecular weight excluding hydrogens is 239 g/mol. The number of benzene rings is 1. The maximum Gasteiger partial charge on any atom is 0.166 e. The van der Waals surface area contributed by atoms with Crippen LogP contribution in [0, 0.1) is 5.82 Å². The van der Waals surface area contributed by atoms with Crippen LogP contribution < -0.4 is 9.47 Å². The molecular formula is C9H10BrFO2. The zero-order valence-electron chi connectivity index (χ0n) is 7.43. The average Bonchev–Trinajstić information content (AvgIpc) is 2.10. The van der Waals surface area contributed by atoms with E-state index in [1.54, 1.807) is 6.92 Å². The van der Waals surface area contributed by atoms with Crippen LogP contribution >= 0.6 is 15.9 Å². The zero-order chi connectivity index (χ0) is 9.84. The van der Waals surface area contributed by atoms with Gasteiger partial charge in [-0.1, -0.05) is 0 Å². The summed E-state index contributed by atoms with van der Waals surface area (Å²) in [5, 5.41) is 0. The number of halogens is 2. The first-order valence-electron chi connectivity index (χ1n) is 3.84. The van der Waals surface area contributed by atoms with Gasteiger partial charge in [-0.15, -0.1) is 0 Å². The van der Waals surface area contributed by atoms with Crippen LogP contribution in [0.5, 0.6) is 11.5 Å². The standard InChI is InChI=1S/C9H10BrFO2/c1-3-13-9-5-8(12-2)6(10)4-7(9)11/h4-5H,3H2,1-2H3. The van der Waals surface area contributed by atoms with E-state index in [4.69, 9.17) is 9.47 Å². The fourth-order valence-electron chi connectivity index (χ4n) is 0.933. The first-order valence-corrected chi connectivity index (χ1v) is 4.64. The van der Waals surface area contributed by atoms with Gasteiger partial charge in [-0.3, -0.25) is 0 Å². The molecule has 13 heavy (non-hydrogen) atoms. The Balaban J connectivity index is 3.06. The topological polar surface area (TPSA) is 18.5 Å². The van der Waals surface area contributed by atoms with Crippen molar-refractivity contribution < 1.29 is 13.9 Å². The van der Waals surface area contributed by atoms with Gasteiger partial charge in [0.05, 0.1) is 18.2 Å². The van der Waals surface area contributed by atoms with Crippen molar-refractivity contribution in [2.24, 2.45) is 0 Å². The van der Waals surface area contributed by atoms with E-state index < -0.39 is 5.82 Å². The molecule has 1 aromatic rings. The lowest BCUT2D eigenvalue weighted by atomic mass is 10.3. The molecule has 0 saturated heterocycles. The quantitative estimate of drug-likeness (QED) is 0.819. The smallest absolute Gasteiger partial charge is 0.166 e. The maximum atomic E-state index is 13.1. The molecule has 0 fully saturated rings. The minimum atomic E-state index is -0.394. The van der Waals surface area contributed by atoms with Gasteiger partial charge in [-0.2, -0.15) is 0 Å². The maximum absolute atomic E-state index is 13.1. The Kier molecular flexibility index (Phi) is 3.54. The summed E-state index contributed by atoms with van der Waals surface area (Å²) in [4.78, 5) is 0. The molecule has 0 heterocycles. The van der Waals surface area contributed by atoms with Crippen molar-refractivity contribution in [3.8, 4) is 11.5 Å². The summed E-state index contributed by atoms with van der Waals surface area (Å²) in [5.41, 5.74) is 0. The number of ether oxygens (including phenoxy) is 2. The van der Waals surface area contributed by atoms with E-state index in [2.05, 4.69) is 15.9 Å². The SMILES string of the molecule is CCOc1cc(OC)c(Br)cc1F. The molecule has 0 aliphatic carbocycles. The highest BCUT2D eigenvalue weighted by molar-refractivity contribution is 9.10. The molecule has 2 nitrogen and oxygen atoms in total. The summed E-state index contributed by atoms with van der Waals surface area (Å²) in [6.45, 7) is 2.23. The van der Waals surface area contributed by atoms with Gasteiger partial charge < -0.3 is 9.47 Å². The molecule has 1 aromatic carbocycles. The van der Waals surface area contributed by atoms with Crippen LogP contribution in [0.1, 0.15) is 6.92 Å².